The normalized spacial score (nSPS) is 10.9. The molecule has 106 valence electrons. The van der Waals surface area contributed by atoms with Gasteiger partial charge in [-0.3, -0.25) is 4.79 Å². The summed E-state index contributed by atoms with van der Waals surface area (Å²) in [5.41, 5.74) is 1.39. The van der Waals surface area contributed by atoms with Gasteiger partial charge in [-0.25, -0.2) is 4.98 Å². The van der Waals surface area contributed by atoms with Crippen molar-refractivity contribution in [3.63, 3.8) is 0 Å². The number of phenols is 2. The summed E-state index contributed by atoms with van der Waals surface area (Å²) in [7, 11) is 0. The Morgan fingerprint density at radius 3 is 2.71 bits per heavy atom. The minimum absolute atomic E-state index is 0.0240. The van der Waals surface area contributed by atoms with Gasteiger partial charge in [0.25, 0.3) is 0 Å². The zero-order valence-corrected chi connectivity index (χ0v) is 12.1. The number of aromatic nitrogens is 1. The van der Waals surface area contributed by atoms with Crippen LogP contribution in [0.25, 0.3) is 10.2 Å². The van der Waals surface area contributed by atoms with Gasteiger partial charge in [0.1, 0.15) is 16.5 Å². The van der Waals surface area contributed by atoms with Crippen LogP contribution >= 0.6 is 11.3 Å². The van der Waals surface area contributed by atoms with Gasteiger partial charge in [-0.05, 0) is 31.2 Å². The van der Waals surface area contributed by atoms with Crippen LogP contribution in [-0.2, 0) is 6.42 Å². The average Bonchev–Trinajstić information content (AvgIpc) is 2.86. The molecule has 3 rings (SSSR count). The van der Waals surface area contributed by atoms with Crippen molar-refractivity contribution in [3.8, 4) is 11.5 Å². The van der Waals surface area contributed by atoms with E-state index in [1.807, 2.05) is 24.3 Å². The molecule has 3 aromatic rings. The molecule has 0 spiro atoms. The Morgan fingerprint density at radius 2 is 1.95 bits per heavy atom. The topological polar surface area (TPSA) is 70.4 Å². The molecule has 0 aliphatic heterocycles. The van der Waals surface area contributed by atoms with Crippen LogP contribution < -0.4 is 0 Å². The number of Topliss-reactive ketones (excluding diaryl/α,β-unsaturated/α-hetero) is 1. The van der Waals surface area contributed by atoms with Crippen molar-refractivity contribution in [1.82, 2.24) is 4.98 Å². The van der Waals surface area contributed by atoms with E-state index in [9.17, 15) is 15.0 Å². The van der Waals surface area contributed by atoms with Gasteiger partial charge in [-0.15, -0.1) is 11.3 Å². The molecular weight excluding hydrogens is 286 g/mol. The Morgan fingerprint density at radius 1 is 1.19 bits per heavy atom. The second kappa shape index (κ2) is 5.18. The number of hydrogen-bond donors (Lipinski definition) is 2. The lowest BCUT2D eigenvalue weighted by Crippen LogP contribution is -2.04. The van der Waals surface area contributed by atoms with Gasteiger partial charge < -0.3 is 10.2 Å². The van der Waals surface area contributed by atoms with Crippen LogP contribution in [0.3, 0.4) is 0 Å². The number of ketones is 1. The molecule has 0 atom stereocenters. The molecule has 4 nitrogen and oxygen atoms in total. The van der Waals surface area contributed by atoms with Gasteiger partial charge in [0.2, 0.25) is 0 Å². The van der Waals surface area contributed by atoms with E-state index in [0.717, 1.165) is 10.2 Å². The lowest BCUT2D eigenvalue weighted by atomic mass is 10.0. The highest BCUT2D eigenvalue weighted by atomic mass is 32.1. The highest BCUT2D eigenvalue weighted by Crippen LogP contribution is 2.31. The minimum Gasteiger partial charge on any atom is -0.508 e. The largest absolute Gasteiger partial charge is 0.508 e. The molecule has 0 radical (unpaired) electrons. The van der Waals surface area contributed by atoms with Gasteiger partial charge in [-0.1, -0.05) is 12.1 Å². The molecule has 0 bridgehead atoms. The molecule has 0 saturated heterocycles. The van der Waals surface area contributed by atoms with Crippen LogP contribution in [0.5, 0.6) is 11.5 Å². The first kappa shape index (κ1) is 13.6. The molecule has 1 aromatic heterocycles. The van der Waals surface area contributed by atoms with E-state index in [0.29, 0.717) is 10.6 Å². The van der Waals surface area contributed by atoms with Crippen molar-refractivity contribution in [2.45, 2.75) is 13.3 Å². The van der Waals surface area contributed by atoms with Crippen molar-refractivity contribution in [2.75, 3.05) is 0 Å². The third-order valence-corrected chi connectivity index (χ3v) is 4.39. The SMILES string of the molecule is Cc1c(O)ccc(C(=O)Cc2nc3ccccc3s2)c1O. The number of nitrogens with zero attached hydrogens (tertiary/aromatic N) is 1. The van der Waals surface area contributed by atoms with Crippen molar-refractivity contribution in [1.29, 1.82) is 0 Å². The summed E-state index contributed by atoms with van der Waals surface area (Å²) in [5.74, 6) is -0.403. The highest BCUT2D eigenvalue weighted by Gasteiger charge is 2.17. The molecule has 0 aliphatic rings. The fraction of sp³-hybridized carbons (Fsp3) is 0.125. The minimum atomic E-state index is -0.213. The van der Waals surface area contributed by atoms with Crippen LogP contribution in [0.2, 0.25) is 0 Å². The molecule has 0 amide bonds. The number of thiazole rings is 1. The van der Waals surface area contributed by atoms with Gasteiger partial charge in [-0.2, -0.15) is 0 Å². The first-order chi connectivity index (χ1) is 10.1. The molecule has 0 unspecified atom stereocenters. The third-order valence-electron chi connectivity index (χ3n) is 3.35. The lowest BCUT2D eigenvalue weighted by Gasteiger charge is -2.07. The summed E-state index contributed by atoms with van der Waals surface area (Å²) in [6.45, 7) is 1.57. The number of rotatable bonds is 3. The summed E-state index contributed by atoms with van der Waals surface area (Å²) in [5, 5.41) is 20.2. The van der Waals surface area contributed by atoms with Crippen LogP contribution in [0, 0.1) is 6.92 Å². The Hall–Kier alpha value is -2.40. The number of carbonyl (C=O) groups excluding carboxylic acids is 1. The maximum absolute atomic E-state index is 12.3. The number of carbonyl (C=O) groups is 1. The maximum atomic E-state index is 12.3. The number of phenolic OH excluding ortho intramolecular Hbond substituents is 2. The molecule has 21 heavy (non-hydrogen) atoms. The second-order valence-electron chi connectivity index (χ2n) is 4.78. The Balaban J connectivity index is 1.91. The molecule has 5 heteroatoms. The molecular formula is C16H13NO3S. The second-order valence-corrected chi connectivity index (χ2v) is 5.90. The van der Waals surface area contributed by atoms with Gasteiger partial charge in [0.05, 0.1) is 22.2 Å². The average molecular weight is 299 g/mol. The van der Waals surface area contributed by atoms with E-state index in [1.165, 1.54) is 23.5 Å². The van der Waals surface area contributed by atoms with Crippen molar-refractivity contribution in [3.05, 3.63) is 52.5 Å². The zero-order chi connectivity index (χ0) is 15.0. The van der Waals surface area contributed by atoms with Crippen molar-refractivity contribution >= 4 is 27.3 Å². The third kappa shape index (κ3) is 2.48. The predicted octanol–water partition coefficient (Wildman–Crippen LogP) is 3.44. The summed E-state index contributed by atoms with van der Waals surface area (Å²) in [6.07, 6.45) is 0.136. The van der Waals surface area contributed by atoms with Gasteiger partial charge >= 0.3 is 0 Å². The zero-order valence-electron chi connectivity index (χ0n) is 11.3. The molecule has 0 fully saturated rings. The Labute approximate surface area is 125 Å². The molecule has 0 aliphatic carbocycles. The van der Waals surface area contributed by atoms with Crippen molar-refractivity contribution < 1.29 is 15.0 Å². The summed E-state index contributed by atoms with van der Waals surface area (Å²) in [6, 6.07) is 10.6. The van der Waals surface area contributed by atoms with E-state index < -0.39 is 0 Å². The lowest BCUT2D eigenvalue weighted by molar-refractivity contribution is 0.0990. The fourth-order valence-corrected chi connectivity index (χ4v) is 3.11. The number of hydrogen-bond acceptors (Lipinski definition) is 5. The quantitative estimate of drug-likeness (QED) is 0.727. The van der Waals surface area contributed by atoms with Crippen LogP contribution in [0.4, 0.5) is 0 Å². The van der Waals surface area contributed by atoms with E-state index in [1.54, 1.807) is 6.92 Å². The van der Waals surface area contributed by atoms with Crippen LogP contribution in [-0.4, -0.2) is 21.0 Å². The number of fused-ring (bicyclic) bond motifs is 1. The number of benzene rings is 2. The number of aromatic hydroxyl groups is 2. The molecule has 1 heterocycles. The van der Waals surface area contributed by atoms with E-state index in [4.69, 9.17) is 0 Å². The Kier molecular flexibility index (Phi) is 3.35. The predicted molar refractivity (Wildman–Crippen MR) is 82.2 cm³/mol. The summed E-state index contributed by atoms with van der Waals surface area (Å²) in [4.78, 5) is 16.7. The highest BCUT2D eigenvalue weighted by molar-refractivity contribution is 7.18. The molecule has 2 N–H and O–H groups in total. The monoisotopic (exact) mass is 299 g/mol. The van der Waals surface area contributed by atoms with Crippen LogP contribution in [0.15, 0.2) is 36.4 Å². The van der Waals surface area contributed by atoms with Crippen molar-refractivity contribution in [2.24, 2.45) is 0 Å². The molecule has 0 saturated carbocycles. The van der Waals surface area contributed by atoms with Crippen LogP contribution in [0.1, 0.15) is 20.9 Å². The fourth-order valence-electron chi connectivity index (χ4n) is 2.14. The van der Waals surface area contributed by atoms with E-state index in [2.05, 4.69) is 4.98 Å². The first-order valence-electron chi connectivity index (χ1n) is 6.45. The van der Waals surface area contributed by atoms with Gasteiger partial charge in [0, 0.05) is 5.56 Å². The standard InChI is InChI=1S/C16H13NO3S/c1-9-12(18)7-6-10(16(9)20)13(19)8-15-17-11-4-2-3-5-14(11)21-15/h2-7,18,20H,8H2,1H3. The summed E-state index contributed by atoms with van der Waals surface area (Å²) < 4.78 is 1.03. The first-order valence-corrected chi connectivity index (χ1v) is 7.27. The number of para-hydroxylation sites is 1. The van der Waals surface area contributed by atoms with E-state index in [-0.39, 0.29) is 29.3 Å². The smallest absolute Gasteiger partial charge is 0.173 e. The van der Waals surface area contributed by atoms with Gasteiger partial charge in [0.15, 0.2) is 5.78 Å². The summed E-state index contributed by atoms with van der Waals surface area (Å²) >= 11 is 1.47. The molecule has 2 aromatic carbocycles. The Bertz CT molecular complexity index is 806. The maximum Gasteiger partial charge on any atom is 0.173 e. The van der Waals surface area contributed by atoms with E-state index >= 15 is 0 Å².